The Hall–Kier alpha value is -2.09. The molecule has 1 aromatic carbocycles. The molecule has 1 aliphatic rings. The number of benzene rings is 1. The quantitative estimate of drug-likeness (QED) is 0.602. The summed E-state index contributed by atoms with van der Waals surface area (Å²) in [5.74, 6) is 1.84. The molecule has 0 unspecified atom stereocenters. The molecule has 2 aromatic rings. The molecule has 6 nitrogen and oxygen atoms in total. The molecular weight excluding hydrogens is 398 g/mol. The Balaban J connectivity index is 1.50. The van der Waals surface area contributed by atoms with E-state index in [-0.39, 0.29) is 5.91 Å². The minimum Gasteiger partial charge on any atom is -0.493 e. The standard InChI is InChI=1S/C23H33N3O3S/c1-5-26(16-20-7-6-12-30-20)23(27)17-25-10-8-24(9-11-25)15-19-14-22(29-4)21(28-3)13-18(19)2/h6-7,12-14H,5,8-11,15-17H2,1-4H3/p+2. The maximum atomic E-state index is 12.8. The van der Waals surface area contributed by atoms with E-state index in [9.17, 15) is 4.79 Å². The molecule has 1 aliphatic heterocycles. The lowest BCUT2D eigenvalue weighted by molar-refractivity contribution is -1.02. The van der Waals surface area contributed by atoms with Crippen LogP contribution in [0.15, 0.2) is 29.6 Å². The predicted octanol–water partition coefficient (Wildman–Crippen LogP) is 0.406. The van der Waals surface area contributed by atoms with Gasteiger partial charge in [-0.2, -0.15) is 0 Å². The number of nitrogens with one attached hydrogen (secondary N) is 2. The van der Waals surface area contributed by atoms with Gasteiger partial charge in [-0.15, -0.1) is 11.3 Å². The minimum absolute atomic E-state index is 0.264. The summed E-state index contributed by atoms with van der Waals surface area (Å²) in [6, 6.07) is 8.31. The van der Waals surface area contributed by atoms with Crippen molar-refractivity contribution in [2.45, 2.75) is 26.9 Å². The summed E-state index contributed by atoms with van der Waals surface area (Å²) in [7, 11) is 3.35. The molecule has 0 aliphatic carbocycles. The molecule has 1 saturated heterocycles. The first-order valence-electron chi connectivity index (χ1n) is 10.7. The summed E-state index contributed by atoms with van der Waals surface area (Å²) in [6.45, 7) is 11.5. The Bertz CT molecular complexity index is 817. The van der Waals surface area contributed by atoms with Crippen LogP contribution in [0, 0.1) is 6.92 Å². The highest BCUT2D eigenvalue weighted by atomic mass is 32.1. The second kappa shape index (κ2) is 10.8. The van der Waals surface area contributed by atoms with Crippen LogP contribution in [0.2, 0.25) is 0 Å². The molecule has 0 atom stereocenters. The SMILES string of the molecule is CCN(Cc1cccs1)C(=O)C[NH+]1CC[NH+](Cc2cc(OC)c(OC)cc2C)CC1. The van der Waals surface area contributed by atoms with E-state index in [0.29, 0.717) is 6.54 Å². The third-order valence-electron chi connectivity index (χ3n) is 6.01. The van der Waals surface area contributed by atoms with E-state index in [1.807, 2.05) is 11.0 Å². The van der Waals surface area contributed by atoms with E-state index in [0.717, 1.165) is 57.3 Å². The van der Waals surface area contributed by atoms with Crippen LogP contribution in [-0.4, -0.2) is 64.3 Å². The average molecular weight is 434 g/mol. The molecule has 0 radical (unpaired) electrons. The van der Waals surface area contributed by atoms with Gasteiger partial charge in [0.2, 0.25) is 0 Å². The Morgan fingerprint density at radius 3 is 2.37 bits per heavy atom. The number of rotatable bonds is 9. The van der Waals surface area contributed by atoms with Gasteiger partial charge >= 0.3 is 0 Å². The summed E-state index contributed by atoms with van der Waals surface area (Å²) < 4.78 is 10.9. The number of hydrogen-bond acceptors (Lipinski definition) is 4. The number of ether oxygens (including phenoxy) is 2. The van der Waals surface area contributed by atoms with Crippen LogP contribution in [0.3, 0.4) is 0 Å². The Labute approximate surface area is 184 Å². The first-order valence-corrected chi connectivity index (χ1v) is 11.6. The molecular formula is C23H35N3O3S+2. The van der Waals surface area contributed by atoms with Gasteiger partial charge < -0.3 is 24.2 Å². The maximum absolute atomic E-state index is 12.8. The number of carbonyl (C=O) groups is 1. The van der Waals surface area contributed by atoms with E-state index in [2.05, 4.69) is 37.4 Å². The fourth-order valence-corrected chi connectivity index (χ4v) is 4.81. The van der Waals surface area contributed by atoms with Gasteiger partial charge in [0, 0.05) is 17.0 Å². The molecule has 1 aromatic heterocycles. The molecule has 1 amide bonds. The average Bonchev–Trinajstić information content (AvgIpc) is 3.27. The molecule has 0 spiro atoms. The second-order valence-electron chi connectivity index (χ2n) is 7.97. The lowest BCUT2D eigenvalue weighted by atomic mass is 10.1. The largest absolute Gasteiger partial charge is 0.493 e. The fourth-order valence-electron chi connectivity index (χ4n) is 4.09. The zero-order valence-electron chi connectivity index (χ0n) is 18.6. The fraction of sp³-hybridized carbons (Fsp3) is 0.522. The van der Waals surface area contributed by atoms with Crippen LogP contribution in [0.5, 0.6) is 11.5 Å². The van der Waals surface area contributed by atoms with Crippen molar-refractivity contribution >= 4 is 17.2 Å². The maximum Gasteiger partial charge on any atom is 0.278 e. The first kappa shape index (κ1) is 22.6. The van der Waals surface area contributed by atoms with Gasteiger partial charge in [0.15, 0.2) is 18.0 Å². The smallest absolute Gasteiger partial charge is 0.278 e. The predicted molar refractivity (Wildman–Crippen MR) is 120 cm³/mol. The Morgan fingerprint density at radius 1 is 1.10 bits per heavy atom. The number of nitrogens with zero attached hydrogens (tertiary/aromatic N) is 1. The minimum atomic E-state index is 0.264. The number of piperazine rings is 1. The van der Waals surface area contributed by atoms with E-state index in [1.165, 1.54) is 20.9 Å². The molecule has 30 heavy (non-hydrogen) atoms. The zero-order chi connectivity index (χ0) is 21.5. The molecule has 0 saturated carbocycles. The topological polar surface area (TPSA) is 47.7 Å². The van der Waals surface area contributed by atoms with Crippen molar-refractivity contribution in [2.75, 3.05) is 53.5 Å². The summed E-state index contributed by atoms with van der Waals surface area (Å²) in [4.78, 5) is 19.0. The normalized spacial score (nSPS) is 18.8. The van der Waals surface area contributed by atoms with E-state index in [4.69, 9.17) is 9.47 Å². The number of aryl methyl sites for hydroxylation is 1. The molecule has 7 heteroatoms. The summed E-state index contributed by atoms with van der Waals surface area (Å²) in [5, 5.41) is 2.07. The molecule has 3 rings (SSSR count). The zero-order valence-corrected chi connectivity index (χ0v) is 19.4. The first-order chi connectivity index (χ1) is 14.5. The highest BCUT2D eigenvalue weighted by Gasteiger charge is 2.27. The van der Waals surface area contributed by atoms with Crippen molar-refractivity contribution in [2.24, 2.45) is 0 Å². The van der Waals surface area contributed by atoms with Gasteiger partial charge in [-0.25, -0.2) is 0 Å². The van der Waals surface area contributed by atoms with Crippen LogP contribution in [0.4, 0.5) is 0 Å². The van der Waals surface area contributed by atoms with Gasteiger partial charge in [-0.3, -0.25) is 4.79 Å². The molecule has 2 N–H and O–H groups in total. The van der Waals surface area contributed by atoms with Crippen LogP contribution in [-0.2, 0) is 17.9 Å². The van der Waals surface area contributed by atoms with E-state index < -0.39 is 0 Å². The van der Waals surface area contributed by atoms with Crippen molar-refractivity contribution < 1.29 is 24.1 Å². The molecule has 2 heterocycles. The summed E-state index contributed by atoms with van der Waals surface area (Å²) in [5.41, 5.74) is 2.53. The van der Waals surface area contributed by atoms with Gasteiger partial charge in [0.25, 0.3) is 5.91 Å². The van der Waals surface area contributed by atoms with Crippen LogP contribution >= 0.6 is 11.3 Å². The third-order valence-corrected chi connectivity index (χ3v) is 6.87. The van der Waals surface area contributed by atoms with Gasteiger partial charge in [-0.1, -0.05) is 6.07 Å². The van der Waals surface area contributed by atoms with Gasteiger partial charge in [-0.05, 0) is 43.0 Å². The molecule has 1 fully saturated rings. The van der Waals surface area contributed by atoms with Crippen LogP contribution in [0.25, 0.3) is 0 Å². The third kappa shape index (κ3) is 5.74. The van der Waals surface area contributed by atoms with Gasteiger partial charge in [0.1, 0.15) is 32.7 Å². The van der Waals surface area contributed by atoms with Crippen molar-refractivity contribution in [1.29, 1.82) is 0 Å². The van der Waals surface area contributed by atoms with Crippen LogP contribution in [0.1, 0.15) is 22.9 Å². The number of carbonyl (C=O) groups excluding carboxylic acids is 1. The second-order valence-corrected chi connectivity index (χ2v) is 9.01. The number of methoxy groups -OCH3 is 2. The van der Waals surface area contributed by atoms with Crippen molar-refractivity contribution in [3.63, 3.8) is 0 Å². The molecule has 164 valence electrons. The highest BCUT2D eigenvalue weighted by Crippen LogP contribution is 2.29. The molecule has 0 bridgehead atoms. The van der Waals surface area contributed by atoms with Crippen LogP contribution < -0.4 is 19.3 Å². The lowest BCUT2D eigenvalue weighted by Gasteiger charge is -2.31. The van der Waals surface area contributed by atoms with Crippen molar-refractivity contribution in [3.8, 4) is 11.5 Å². The Kier molecular flexibility index (Phi) is 8.13. The summed E-state index contributed by atoms with van der Waals surface area (Å²) in [6.07, 6.45) is 0. The number of hydrogen-bond donors (Lipinski definition) is 2. The van der Waals surface area contributed by atoms with E-state index in [1.54, 1.807) is 30.5 Å². The Morgan fingerprint density at radius 2 is 1.77 bits per heavy atom. The summed E-state index contributed by atoms with van der Waals surface area (Å²) >= 11 is 1.72. The van der Waals surface area contributed by atoms with Crippen molar-refractivity contribution in [1.82, 2.24) is 4.90 Å². The van der Waals surface area contributed by atoms with E-state index >= 15 is 0 Å². The lowest BCUT2D eigenvalue weighted by Crippen LogP contribution is -3.28. The number of amides is 1. The number of likely N-dealkylation sites (N-methyl/N-ethyl adjacent to an activating group) is 1. The monoisotopic (exact) mass is 433 g/mol. The van der Waals surface area contributed by atoms with Crippen molar-refractivity contribution in [3.05, 3.63) is 45.6 Å². The number of quaternary nitrogens is 2. The number of thiophene rings is 1. The highest BCUT2D eigenvalue weighted by molar-refractivity contribution is 7.09. The van der Waals surface area contributed by atoms with Gasteiger partial charge in [0.05, 0.1) is 20.8 Å².